The number of alkyl halides is 1. The molecule has 0 saturated heterocycles. The number of nitrogen functional groups attached to an aromatic ring is 1. The Kier molecular flexibility index (Phi) is 6.56. The molecule has 9 atom stereocenters. The Morgan fingerprint density at radius 3 is 2.56 bits per heavy atom. The van der Waals surface area contributed by atoms with Gasteiger partial charge in [0.25, 0.3) is 0 Å². The molecule has 9 unspecified atom stereocenters. The highest BCUT2D eigenvalue weighted by molar-refractivity contribution is 7.47. The molecule has 3 saturated carbocycles. The van der Waals surface area contributed by atoms with E-state index < -0.39 is 66.2 Å². The largest absolute Gasteiger partial charge is 0.527 e. The van der Waals surface area contributed by atoms with E-state index in [4.69, 9.17) is 14.8 Å². The standard InChI is InChI=1S/C28H35FNO8P/c1-16-12-22-21-9-4-17-13-19(31)10-11-25(17,2)27(21,29)23(32)14-26(22,3)28(16,34)24(33)15-37-39(35,36)38-20-7-5-18(30)6-8-20/h5-8,10-11,13,16,21-23,32,34H,4,9,12,14-15,30H2,1-3H3,(H,35,36). The highest BCUT2D eigenvalue weighted by atomic mass is 31.2. The SMILES string of the molecule is CC1CC2C3CCC4=CC(=O)C=CC4(C)C3(F)C(O)CC2(C)C1(O)C(=O)COP(=O)(O)Oc1ccc(N)cc1. The maximum atomic E-state index is 17.2. The minimum atomic E-state index is -4.73. The van der Waals surface area contributed by atoms with Gasteiger partial charge in [0.05, 0.1) is 6.10 Å². The predicted octanol–water partition coefficient (Wildman–Crippen LogP) is 3.68. The van der Waals surface area contributed by atoms with Gasteiger partial charge in [0.1, 0.15) is 18.0 Å². The molecule has 0 radical (unpaired) electrons. The summed E-state index contributed by atoms with van der Waals surface area (Å²) < 4.78 is 39.8. The van der Waals surface area contributed by atoms with E-state index in [1.165, 1.54) is 36.4 Å². The molecule has 0 bridgehead atoms. The van der Waals surface area contributed by atoms with Crippen molar-refractivity contribution in [1.29, 1.82) is 0 Å². The van der Waals surface area contributed by atoms with Crippen molar-refractivity contribution in [2.24, 2.45) is 28.6 Å². The topological polar surface area (TPSA) is 156 Å². The summed E-state index contributed by atoms with van der Waals surface area (Å²) in [7, 11) is -4.73. The lowest BCUT2D eigenvalue weighted by atomic mass is 9.44. The number of aliphatic hydroxyl groups is 2. The third kappa shape index (κ3) is 3.98. The van der Waals surface area contributed by atoms with E-state index in [1.807, 2.05) is 0 Å². The lowest BCUT2D eigenvalue weighted by molar-refractivity contribution is -0.219. The quantitative estimate of drug-likeness (QED) is 0.299. The highest BCUT2D eigenvalue weighted by Gasteiger charge is 2.75. The van der Waals surface area contributed by atoms with Gasteiger partial charge in [-0.1, -0.05) is 25.5 Å². The summed E-state index contributed by atoms with van der Waals surface area (Å²) in [5.74, 6) is -2.83. The van der Waals surface area contributed by atoms with Crippen molar-refractivity contribution in [3.05, 3.63) is 48.1 Å². The Labute approximate surface area is 226 Å². The number of phosphoric acid groups is 1. The van der Waals surface area contributed by atoms with Crippen LogP contribution in [0.2, 0.25) is 0 Å². The van der Waals surface area contributed by atoms with Crippen molar-refractivity contribution in [3.8, 4) is 5.75 Å². The number of phosphoric ester groups is 1. The Bertz CT molecular complexity index is 1310. The van der Waals surface area contributed by atoms with Crippen molar-refractivity contribution < 1.29 is 42.7 Å². The fourth-order valence-corrected chi connectivity index (χ4v) is 8.80. The minimum Gasteiger partial charge on any atom is -0.404 e. The average Bonchev–Trinajstić information content (AvgIpc) is 3.06. The smallest absolute Gasteiger partial charge is 0.404 e. The van der Waals surface area contributed by atoms with Crippen LogP contribution >= 0.6 is 7.82 Å². The van der Waals surface area contributed by atoms with Gasteiger partial charge >= 0.3 is 7.82 Å². The lowest BCUT2D eigenvalue weighted by Gasteiger charge is -2.62. The monoisotopic (exact) mass is 563 g/mol. The number of carbonyl (C=O) groups excluding carboxylic acids is 2. The average molecular weight is 564 g/mol. The van der Waals surface area contributed by atoms with Gasteiger partial charge in [-0.25, -0.2) is 8.96 Å². The van der Waals surface area contributed by atoms with Crippen LogP contribution < -0.4 is 10.3 Å². The van der Waals surface area contributed by atoms with Gasteiger partial charge in [-0.05, 0) is 80.9 Å². The Balaban J connectivity index is 1.40. The van der Waals surface area contributed by atoms with Crippen molar-refractivity contribution in [2.45, 2.75) is 63.8 Å². The molecule has 0 heterocycles. The number of hydrogen-bond donors (Lipinski definition) is 4. The van der Waals surface area contributed by atoms with Crippen molar-refractivity contribution >= 4 is 25.1 Å². The van der Waals surface area contributed by atoms with E-state index in [2.05, 4.69) is 0 Å². The maximum absolute atomic E-state index is 17.2. The first kappa shape index (κ1) is 28.2. The fraction of sp³-hybridized carbons (Fsp3) is 0.571. The molecule has 0 aromatic heterocycles. The van der Waals surface area contributed by atoms with Gasteiger partial charge in [-0.3, -0.25) is 19.0 Å². The summed E-state index contributed by atoms with van der Waals surface area (Å²) in [6, 6.07) is 5.68. The van der Waals surface area contributed by atoms with E-state index >= 15 is 4.39 Å². The molecular formula is C28H35FNO8P. The third-order valence-corrected chi connectivity index (χ3v) is 11.0. The number of ketones is 2. The number of hydrogen-bond acceptors (Lipinski definition) is 8. The van der Waals surface area contributed by atoms with Crippen LogP contribution in [0.4, 0.5) is 10.1 Å². The number of aliphatic hydroxyl groups excluding tert-OH is 1. The van der Waals surface area contributed by atoms with Crippen LogP contribution in [0.5, 0.6) is 5.75 Å². The van der Waals surface area contributed by atoms with Gasteiger partial charge in [-0.15, -0.1) is 0 Å². The molecule has 0 amide bonds. The zero-order valence-electron chi connectivity index (χ0n) is 22.2. The van der Waals surface area contributed by atoms with Crippen LogP contribution in [0.15, 0.2) is 48.1 Å². The molecule has 4 aliphatic carbocycles. The molecule has 0 spiro atoms. The molecular weight excluding hydrogens is 528 g/mol. The summed E-state index contributed by atoms with van der Waals surface area (Å²) in [6.45, 7) is 4.15. The molecule has 5 N–H and O–H groups in total. The summed E-state index contributed by atoms with van der Waals surface area (Å²) >= 11 is 0. The van der Waals surface area contributed by atoms with E-state index in [0.717, 1.165) is 0 Å². The number of carbonyl (C=O) groups is 2. The minimum absolute atomic E-state index is 0.00909. The van der Waals surface area contributed by atoms with Gasteiger partial charge in [0, 0.05) is 22.4 Å². The summed E-state index contributed by atoms with van der Waals surface area (Å²) in [6.07, 6.45) is 3.73. The van der Waals surface area contributed by atoms with Gasteiger partial charge in [-0.2, -0.15) is 0 Å². The molecule has 39 heavy (non-hydrogen) atoms. The maximum Gasteiger partial charge on any atom is 0.527 e. The Morgan fingerprint density at radius 2 is 1.90 bits per heavy atom. The molecule has 1 aromatic rings. The molecule has 0 aliphatic heterocycles. The number of rotatable bonds is 6. The number of allylic oxidation sites excluding steroid dienone is 4. The second-order valence-corrected chi connectivity index (χ2v) is 13.4. The number of fused-ring (bicyclic) bond motifs is 5. The van der Waals surface area contributed by atoms with Gasteiger partial charge in [0.15, 0.2) is 17.2 Å². The number of Topliss-reactive ketones (excluding diaryl/α,β-unsaturated/α-hetero) is 1. The van der Waals surface area contributed by atoms with Gasteiger partial charge < -0.3 is 20.5 Å². The Morgan fingerprint density at radius 1 is 1.23 bits per heavy atom. The van der Waals surface area contributed by atoms with E-state index in [9.17, 15) is 29.3 Å². The van der Waals surface area contributed by atoms with Crippen LogP contribution in [0, 0.1) is 28.6 Å². The fourth-order valence-electron chi connectivity index (χ4n) is 8.08. The number of nitrogens with two attached hydrogens (primary N) is 1. The predicted molar refractivity (Wildman–Crippen MR) is 140 cm³/mol. The van der Waals surface area contributed by atoms with Crippen molar-refractivity contribution in [2.75, 3.05) is 12.3 Å². The van der Waals surface area contributed by atoms with Crippen molar-refractivity contribution in [3.63, 3.8) is 0 Å². The molecule has 9 nitrogen and oxygen atoms in total. The highest BCUT2D eigenvalue weighted by Crippen LogP contribution is 2.70. The van der Waals surface area contributed by atoms with Crippen LogP contribution in [0.3, 0.4) is 0 Å². The normalized spacial score (nSPS) is 42.5. The summed E-state index contributed by atoms with van der Waals surface area (Å²) in [5.41, 5.74) is 0.105. The molecule has 4 aliphatic rings. The molecule has 1 aromatic carbocycles. The van der Waals surface area contributed by atoms with Crippen LogP contribution in [0.1, 0.15) is 46.5 Å². The molecule has 212 valence electrons. The number of anilines is 1. The summed E-state index contributed by atoms with van der Waals surface area (Å²) in [4.78, 5) is 35.7. The van der Waals surface area contributed by atoms with Crippen LogP contribution in [-0.2, 0) is 18.7 Å². The van der Waals surface area contributed by atoms with E-state index in [0.29, 0.717) is 30.5 Å². The number of halogens is 1. The molecule has 3 fully saturated rings. The van der Waals surface area contributed by atoms with Gasteiger partial charge in [0.2, 0.25) is 0 Å². The van der Waals surface area contributed by atoms with Crippen molar-refractivity contribution in [1.82, 2.24) is 0 Å². The Hall–Kier alpha value is -2.36. The zero-order valence-corrected chi connectivity index (χ0v) is 23.1. The number of benzene rings is 1. The van der Waals surface area contributed by atoms with E-state index in [-0.39, 0.29) is 18.0 Å². The first-order valence-corrected chi connectivity index (χ1v) is 14.7. The van der Waals surface area contributed by atoms with Crippen LogP contribution in [-0.4, -0.2) is 50.7 Å². The second kappa shape index (κ2) is 9.08. The lowest BCUT2D eigenvalue weighted by Crippen LogP contribution is -2.69. The van der Waals surface area contributed by atoms with Crippen LogP contribution in [0.25, 0.3) is 0 Å². The zero-order chi connectivity index (χ0) is 28.6. The third-order valence-electron chi connectivity index (χ3n) is 10.1. The van der Waals surface area contributed by atoms with E-state index in [1.54, 1.807) is 26.8 Å². The first-order chi connectivity index (χ1) is 18.1. The first-order valence-electron chi connectivity index (χ1n) is 13.2. The summed E-state index contributed by atoms with van der Waals surface area (Å²) in [5, 5.41) is 23.4. The molecule has 11 heteroatoms. The second-order valence-electron chi connectivity index (χ2n) is 12.0. The molecule has 5 rings (SSSR count).